The minimum Gasteiger partial charge on any atom is -0.341 e. The predicted molar refractivity (Wildman–Crippen MR) is 145 cm³/mol. The molecule has 3 heterocycles. The van der Waals surface area contributed by atoms with Crippen LogP contribution in [0.2, 0.25) is 0 Å². The van der Waals surface area contributed by atoms with E-state index >= 15 is 0 Å². The topological polar surface area (TPSA) is 116 Å². The summed E-state index contributed by atoms with van der Waals surface area (Å²) in [7, 11) is 1.63. The predicted octanol–water partition coefficient (Wildman–Crippen LogP) is 1.69. The lowest BCUT2D eigenvalue weighted by atomic mass is 10.1. The molecule has 2 N–H and O–H groups in total. The summed E-state index contributed by atoms with van der Waals surface area (Å²) >= 11 is 0. The molecule has 1 aromatic carbocycles. The Morgan fingerprint density at radius 1 is 1.28 bits per heavy atom. The van der Waals surface area contributed by atoms with E-state index in [1.807, 2.05) is 35.8 Å². The average Bonchev–Trinajstić information content (AvgIpc) is 3.27. The van der Waals surface area contributed by atoms with E-state index in [0.29, 0.717) is 30.2 Å². The van der Waals surface area contributed by atoms with Gasteiger partial charge in [0.15, 0.2) is 11.2 Å². The van der Waals surface area contributed by atoms with Crippen LogP contribution in [0.25, 0.3) is 11.2 Å². The van der Waals surface area contributed by atoms with Crippen LogP contribution >= 0.6 is 0 Å². The van der Waals surface area contributed by atoms with E-state index in [1.165, 1.54) is 9.13 Å². The first kappa shape index (κ1) is 25.1. The van der Waals surface area contributed by atoms with Gasteiger partial charge in [-0.3, -0.25) is 28.5 Å². The van der Waals surface area contributed by atoms with Crippen molar-refractivity contribution in [2.45, 2.75) is 45.8 Å². The monoisotopic (exact) mass is 488 g/mol. The van der Waals surface area contributed by atoms with Crippen LogP contribution in [0.3, 0.4) is 0 Å². The lowest BCUT2D eigenvalue weighted by Gasteiger charge is -2.31. The standard InChI is InChI=1S/C26H32N8O2/c1-5-6-15-33-22-23(30-25(33)32-14-9-10-19(27)17-32)31(4)26(36)34(24(22)35)16-13-29-18(2)20-11-7-8-12-21(20)28-3/h7-8,11-12,19H,3,9-10,13-17,27H2,1-2,4H3/b29-18-. The minimum absolute atomic E-state index is 0.0345. The van der Waals surface area contributed by atoms with Crippen LogP contribution < -0.4 is 21.9 Å². The number of nitrogens with two attached hydrogens (primary N) is 1. The van der Waals surface area contributed by atoms with E-state index < -0.39 is 11.2 Å². The average molecular weight is 489 g/mol. The largest absolute Gasteiger partial charge is 0.341 e. The van der Waals surface area contributed by atoms with E-state index in [-0.39, 0.29) is 19.1 Å². The van der Waals surface area contributed by atoms with Gasteiger partial charge in [0.05, 0.1) is 25.3 Å². The molecular weight excluding hydrogens is 456 g/mol. The number of rotatable bonds is 7. The van der Waals surface area contributed by atoms with Gasteiger partial charge in [-0.15, -0.1) is 5.92 Å². The Kier molecular flexibility index (Phi) is 7.50. The summed E-state index contributed by atoms with van der Waals surface area (Å²) in [6.45, 7) is 9.36. The van der Waals surface area contributed by atoms with Gasteiger partial charge >= 0.3 is 5.69 Å². The smallest absolute Gasteiger partial charge is 0.332 e. The van der Waals surface area contributed by atoms with Crippen molar-refractivity contribution in [1.82, 2.24) is 18.7 Å². The summed E-state index contributed by atoms with van der Waals surface area (Å²) in [6.07, 6.45) is 1.89. The molecule has 0 spiro atoms. The second-order valence-electron chi connectivity index (χ2n) is 8.89. The van der Waals surface area contributed by atoms with Gasteiger partial charge in [0.2, 0.25) is 5.95 Å². The van der Waals surface area contributed by atoms with Gasteiger partial charge in [0.25, 0.3) is 5.56 Å². The highest BCUT2D eigenvalue weighted by Gasteiger charge is 2.26. The minimum atomic E-state index is -0.429. The Hall–Kier alpha value is -3.97. The van der Waals surface area contributed by atoms with Crippen molar-refractivity contribution in [3.8, 4) is 11.8 Å². The number of hydrogen-bond donors (Lipinski definition) is 1. The first-order chi connectivity index (χ1) is 17.4. The molecule has 1 aliphatic heterocycles. The number of fused-ring (bicyclic) bond motifs is 1. The van der Waals surface area contributed by atoms with E-state index in [2.05, 4.69) is 33.4 Å². The van der Waals surface area contributed by atoms with Gasteiger partial charge in [-0.25, -0.2) is 4.79 Å². The number of hydrogen-bond acceptors (Lipinski definition) is 7. The van der Waals surface area contributed by atoms with E-state index in [4.69, 9.17) is 10.7 Å². The molecule has 1 atom stereocenters. The second-order valence-corrected chi connectivity index (χ2v) is 8.89. The van der Waals surface area contributed by atoms with Crippen LogP contribution in [-0.4, -0.2) is 56.8 Å². The molecule has 0 aliphatic carbocycles. The molecule has 36 heavy (non-hydrogen) atoms. The van der Waals surface area contributed by atoms with Crippen LogP contribution in [0.4, 0.5) is 11.6 Å². The molecule has 1 saturated heterocycles. The Morgan fingerprint density at radius 3 is 2.78 bits per heavy atom. The van der Waals surface area contributed by atoms with Crippen molar-refractivity contribution in [3.05, 3.63) is 50.7 Å². The van der Waals surface area contributed by atoms with Gasteiger partial charge in [-0.2, -0.15) is 4.98 Å². The van der Waals surface area contributed by atoms with Crippen LogP contribution in [0, 0.1) is 11.8 Å². The zero-order valence-corrected chi connectivity index (χ0v) is 21.1. The third-order valence-corrected chi connectivity index (χ3v) is 6.50. The highest BCUT2D eigenvalue weighted by Crippen LogP contribution is 2.23. The van der Waals surface area contributed by atoms with E-state index in [0.717, 1.165) is 36.3 Å². The fourth-order valence-corrected chi connectivity index (χ4v) is 4.62. The molecule has 1 aliphatic rings. The molecule has 1 fully saturated rings. The maximum atomic E-state index is 13.6. The van der Waals surface area contributed by atoms with Gasteiger partial charge in [-0.1, -0.05) is 24.1 Å². The van der Waals surface area contributed by atoms with Gasteiger partial charge in [0, 0.05) is 37.5 Å². The Bertz CT molecular complexity index is 1500. The van der Waals surface area contributed by atoms with E-state index in [1.54, 1.807) is 14.0 Å². The molecular formula is C26H32N8O2. The Labute approximate surface area is 209 Å². The first-order valence-electron chi connectivity index (χ1n) is 12.0. The van der Waals surface area contributed by atoms with E-state index in [9.17, 15) is 9.59 Å². The Balaban J connectivity index is 1.75. The number of anilines is 1. The first-order valence-corrected chi connectivity index (χ1v) is 12.0. The summed E-state index contributed by atoms with van der Waals surface area (Å²) in [4.78, 5) is 42.2. The fourth-order valence-electron chi connectivity index (χ4n) is 4.62. The number of aromatic nitrogens is 4. The van der Waals surface area contributed by atoms with Crippen LogP contribution in [0.15, 0.2) is 43.8 Å². The van der Waals surface area contributed by atoms with Crippen molar-refractivity contribution in [2.75, 3.05) is 24.5 Å². The lowest BCUT2D eigenvalue weighted by Crippen LogP contribution is -2.44. The van der Waals surface area contributed by atoms with Crippen LogP contribution in [0.1, 0.15) is 32.3 Å². The lowest BCUT2D eigenvalue weighted by molar-refractivity contribution is 0.496. The molecule has 0 bridgehead atoms. The van der Waals surface area contributed by atoms with Gasteiger partial charge in [0.1, 0.15) is 0 Å². The van der Waals surface area contributed by atoms with Crippen LogP contribution in [-0.2, 0) is 20.1 Å². The molecule has 0 amide bonds. The molecule has 1 unspecified atom stereocenters. The number of nitrogens with zero attached hydrogens (tertiary/aromatic N) is 7. The molecule has 0 saturated carbocycles. The quantitative estimate of drug-likeness (QED) is 0.401. The maximum absolute atomic E-state index is 13.6. The highest BCUT2D eigenvalue weighted by molar-refractivity contribution is 6.03. The molecule has 2 aromatic heterocycles. The molecule has 10 heteroatoms. The molecule has 188 valence electrons. The number of benzene rings is 1. The van der Waals surface area contributed by atoms with Crippen molar-refractivity contribution in [3.63, 3.8) is 0 Å². The number of piperidine rings is 1. The third-order valence-electron chi connectivity index (χ3n) is 6.50. The molecule has 4 rings (SSSR count). The summed E-state index contributed by atoms with van der Waals surface area (Å²) in [5, 5.41) is 0. The van der Waals surface area contributed by atoms with Gasteiger partial charge < -0.3 is 10.6 Å². The third kappa shape index (κ3) is 4.75. The van der Waals surface area contributed by atoms with Crippen molar-refractivity contribution in [1.29, 1.82) is 0 Å². The fraction of sp³-hybridized carbons (Fsp3) is 0.423. The maximum Gasteiger partial charge on any atom is 0.332 e. The zero-order valence-electron chi connectivity index (χ0n) is 21.1. The van der Waals surface area contributed by atoms with Crippen molar-refractivity contribution < 1.29 is 0 Å². The summed E-state index contributed by atoms with van der Waals surface area (Å²) in [5.41, 5.74) is 8.44. The molecule has 3 aromatic rings. The highest BCUT2D eigenvalue weighted by atomic mass is 16.2. The van der Waals surface area contributed by atoms with Gasteiger partial charge in [-0.05, 0) is 39.5 Å². The van der Waals surface area contributed by atoms with Crippen LogP contribution in [0.5, 0.6) is 0 Å². The van der Waals surface area contributed by atoms with Crippen molar-refractivity contribution >= 4 is 35.2 Å². The number of imidazole rings is 1. The normalized spacial score (nSPS) is 16.2. The second kappa shape index (κ2) is 10.7. The summed E-state index contributed by atoms with van der Waals surface area (Å²) in [5.74, 6) is 6.56. The molecule has 0 radical (unpaired) electrons. The number of aliphatic imine (C=N–C) groups is 2. The SMILES string of the molecule is C=Nc1ccccc1/C(C)=N\CCn1c(=O)c2c(nc(N3CCCC(N)C3)n2CC#CC)n(C)c1=O. The summed E-state index contributed by atoms with van der Waals surface area (Å²) < 4.78 is 4.45. The zero-order chi connectivity index (χ0) is 25.8. The number of aryl methyl sites for hydroxylation is 1. The number of para-hydroxylation sites is 1. The summed E-state index contributed by atoms with van der Waals surface area (Å²) in [6, 6.07) is 7.61. The van der Waals surface area contributed by atoms with Crippen molar-refractivity contribution in [2.24, 2.45) is 22.8 Å². The molecule has 10 nitrogen and oxygen atoms in total. The Morgan fingerprint density at radius 2 is 2.06 bits per heavy atom.